The average molecular weight is 323 g/mol. The quantitative estimate of drug-likeness (QED) is 0.933. The van der Waals surface area contributed by atoms with Crippen molar-refractivity contribution < 1.29 is 9.47 Å². The fourth-order valence-corrected chi connectivity index (χ4v) is 2.16. The first-order valence-electron chi connectivity index (χ1n) is 5.82. The van der Waals surface area contributed by atoms with E-state index in [1.807, 2.05) is 31.2 Å². The molecule has 1 heterocycles. The van der Waals surface area contributed by atoms with Gasteiger partial charge in [0.25, 0.3) is 0 Å². The summed E-state index contributed by atoms with van der Waals surface area (Å²) in [4.78, 5) is 4.06. The van der Waals surface area contributed by atoms with Crippen molar-refractivity contribution in [2.75, 3.05) is 7.11 Å². The van der Waals surface area contributed by atoms with Gasteiger partial charge in [-0.3, -0.25) is 4.98 Å². The van der Waals surface area contributed by atoms with Crippen molar-refractivity contribution in [2.45, 2.75) is 13.0 Å². The first-order valence-corrected chi connectivity index (χ1v) is 6.62. The molecule has 100 valence electrons. The van der Waals surface area contributed by atoms with E-state index in [-0.39, 0.29) is 6.04 Å². The van der Waals surface area contributed by atoms with Crippen LogP contribution in [0.4, 0.5) is 0 Å². The number of halogens is 1. The van der Waals surface area contributed by atoms with E-state index in [2.05, 4.69) is 20.9 Å². The van der Waals surface area contributed by atoms with Crippen LogP contribution in [0.3, 0.4) is 0 Å². The van der Waals surface area contributed by atoms with E-state index >= 15 is 0 Å². The van der Waals surface area contributed by atoms with Gasteiger partial charge in [0, 0.05) is 16.7 Å². The molecule has 2 rings (SSSR count). The minimum Gasteiger partial charge on any atom is -0.496 e. The zero-order chi connectivity index (χ0) is 13.8. The summed E-state index contributed by atoms with van der Waals surface area (Å²) in [6.45, 7) is 1.89. The highest BCUT2D eigenvalue weighted by atomic mass is 79.9. The Morgan fingerprint density at radius 1 is 1.26 bits per heavy atom. The molecule has 4 nitrogen and oxygen atoms in total. The summed E-state index contributed by atoms with van der Waals surface area (Å²) >= 11 is 3.36. The van der Waals surface area contributed by atoms with E-state index in [0.717, 1.165) is 15.8 Å². The minimum absolute atomic E-state index is 0.189. The first kappa shape index (κ1) is 13.8. The third-order valence-corrected chi connectivity index (χ3v) is 3.04. The van der Waals surface area contributed by atoms with E-state index < -0.39 is 0 Å². The summed E-state index contributed by atoms with van der Waals surface area (Å²) in [6.07, 6.45) is 3.35. The van der Waals surface area contributed by atoms with Gasteiger partial charge in [0.05, 0.1) is 18.9 Å². The molecule has 0 saturated heterocycles. The van der Waals surface area contributed by atoms with Crippen LogP contribution in [0, 0.1) is 0 Å². The van der Waals surface area contributed by atoms with Crippen LogP contribution in [0.1, 0.15) is 18.5 Å². The normalized spacial score (nSPS) is 12.0. The molecule has 1 aromatic carbocycles. The van der Waals surface area contributed by atoms with Crippen LogP contribution in [-0.2, 0) is 0 Å². The first-order chi connectivity index (χ1) is 9.11. The van der Waals surface area contributed by atoms with Gasteiger partial charge in [0.1, 0.15) is 17.2 Å². The number of hydrogen-bond donors (Lipinski definition) is 1. The fourth-order valence-electron chi connectivity index (χ4n) is 1.81. The van der Waals surface area contributed by atoms with E-state index in [0.29, 0.717) is 11.5 Å². The Morgan fingerprint density at radius 2 is 2.00 bits per heavy atom. The van der Waals surface area contributed by atoms with E-state index in [4.69, 9.17) is 15.2 Å². The number of benzene rings is 1. The molecule has 0 unspecified atom stereocenters. The smallest absolute Gasteiger partial charge is 0.146 e. The van der Waals surface area contributed by atoms with Gasteiger partial charge in [-0.1, -0.05) is 6.07 Å². The van der Waals surface area contributed by atoms with Crippen molar-refractivity contribution in [1.29, 1.82) is 0 Å². The summed E-state index contributed by atoms with van der Waals surface area (Å²) in [6, 6.07) is 7.25. The Morgan fingerprint density at radius 3 is 2.63 bits per heavy atom. The van der Waals surface area contributed by atoms with Crippen LogP contribution < -0.4 is 15.2 Å². The molecule has 1 aromatic heterocycles. The lowest BCUT2D eigenvalue weighted by atomic mass is 10.1. The van der Waals surface area contributed by atoms with Gasteiger partial charge in [0.2, 0.25) is 0 Å². The van der Waals surface area contributed by atoms with Crippen molar-refractivity contribution >= 4 is 15.9 Å². The molecule has 0 bridgehead atoms. The van der Waals surface area contributed by atoms with Crippen LogP contribution in [0.15, 0.2) is 41.1 Å². The maximum absolute atomic E-state index is 5.99. The number of nitrogens with two attached hydrogens (primary N) is 1. The molecule has 0 saturated carbocycles. The van der Waals surface area contributed by atoms with Crippen LogP contribution >= 0.6 is 15.9 Å². The molecular weight excluding hydrogens is 308 g/mol. The average Bonchev–Trinajstić information content (AvgIpc) is 2.38. The van der Waals surface area contributed by atoms with Crippen LogP contribution in [0.2, 0.25) is 0 Å². The highest BCUT2D eigenvalue weighted by molar-refractivity contribution is 9.10. The number of nitrogens with zero attached hydrogens (tertiary/aromatic N) is 1. The van der Waals surface area contributed by atoms with Gasteiger partial charge in [-0.05, 0) is 41.1 Å². The molecule has 0 aliphatic carbocycles. The molecule has 0 radical (unpaired) electrons. The zero-order valence-electron chi connectivity index (χ0n) is 10.8. The lowest BCUT2D eigenvalue weighted by Gasteiger charge is -2.17. The number of rotatable bonds is 4. The molecule has 19 heavy (non-hydrogen) atoms. The van der Waals surface area contributed by atoms with Crippen molar-refractivity contribution in [3.05, 3.63) is 46.7 Å². The monoisotopic (exact) mass is 322 g/mol. The molecule has 5 heteroatoms. The van der Waals surface area contributed by atoms with Gasteiger partial charge < -0.3 is 15.2 Å². The topological polar surface area (TPSA) is 57.4 Å². The summed E-state index contributed by atoms with van der Waals surface area (Å²) < 4.78 is 12.0. The van der Waals surface area contributed by atoms with Crippen molar-refractivity contribution in [3.63, 3.8) is 0 Å². The molecular formula is C14H15BrN2O2. The Balaban J connectivity index is 2.39. The van der Waals surface area contributed by atoms with E-state index in [1.54, 1.807) is 19.5 Å². The number of aromatic nitrogens is 1. The van der Waals surface area contributed by atoms with Gasteiger partial charge in [0.15, 0.2) is 0 Å². The molecule has 2 N–H and O–H groups in total. The second kappa shape index (κ2) is 6.04. The third-order valence-electron chi connectivity index (χ3n) is 2.61. The Hall–Kier alpha value is -1.59. The lowest BCUT2D eigenvalue weighted by molar-refractivity contribution is 0.397. The molecule has 0 spiro atoms. The highest BCUT2D eigenvalue weighted by Gasteiger charge is 2.15. The molecule has 0 aliphatic rings. The van der Waals surface area contributed by atoms with Crippen molar-refractivity contribution in [3.8, 4) is 17.2 Å². The van der Waals surface area contributed by atoms with Gasteiger partial charge >= 0.3 is 0 Å². The Kier molecular flexibility index (Phi) is 4.39. The summed E-state index contributed by atoms with van der Waals surface area (Å²) in [5, 5.41) is 0. The molecule has 0 aliphatic heterocycles. The third kappa shape index (κ3) is 3.24. The second-order valence-electron chi connectivity index (χ2n) is 4.10. The second-order valence-corrected chi connectivity index (χ2v) is 5.02. The summed E-state index contributed by atoms with van der Waals surface area (Å²) in [7, 11) is 1.62. The van der Waals surface area contributed by atoms with Gasteiger partial charge in [-0.2, -0.15) is 0 Å². The molecule has 1 atom stereocenters. The lowest BCUT2D eigenvalue weighted by Crippen LogP contribution is -2.08. The van der Waals surface area contributed by atoms with Crippen LogP contribution in [0.25, 0.3) is 0 Å². The largest absolute Gasteiger partial charge is 0.496 e. The molecule has 2 aromatic rings. The predicted molar refractivity (Wildman–Crippen MR) is 77.6 cm³/mol. The standard InChI is InChI=1S/C14H15BrN2O2/c1-9(16)14-12(18-2)4-3-5-13(14)19-11-6-10(15)7-17-8-11/h3-9H,16H2,1-2H3/t9-/m0/s1. The number of methoxy groups -OCH3 is 1. The van der Waals surface area contributed by atoms with Gasteiger partial charge in [-0.25, -0.2) is 0 Å². The van der Waals surface area contributed by atoms with E-state index in [1.165, 1.54) is 0 Å². The van der Waals surface area contributed by atoms with Crippen molar-refractivity contribution in [2.24, 2.45) is 5.73 Å². The molecule has 0 fully saturated rings. The number of pyridine rings is 1. The SMILES string of the molecule is COc1cccc(Oc2cncc(Br)c2)c1[C@H](C)N. The highest BCUT2D eigenvalue weighted by Crippen LogP contribution is 2.35. The van der Waals surface area contributed by atoms with Gasteiger partial charge in [-0.15, -0.1) is 0 Å². The number of hydrogen-bond acceptors (Lipinski definition) is 4. The fraction of sp³-hybridized carbons (Fsp3) is 0.214. The predicted octanol–water partition coefficient (Wildman–Crippen LogP) is 3.66. The Labute approximate surface area is 120 Å². The van der Waals surface area contributed by atoms with Crippen molar-refractivity contribution in [1.82, 2.24) is 4.98 Å². The summed E-state index contributed by atoms with van der Waals surface area (Å²) in [5.74, 6) is 2.04. The Bertz CT molecular complexity index is 573. The maximum Gasteiger partial charge on any atom is 0.146 e. The van der Waals surface area contributed by atoms with Crippen LogP contribution in [0.5, 0.6) is 17.2 Å². The van der Waals surface area contributed by atoms with E-state index in [9.17, 15) is 0 Å². The van der Waals surface area contributed by atoms with Crippen LogP contribution in [-0.4, -0.2) is 12.1 Å². The maximum atomic E-state index is 5.99. The summed E-state index contributed by atoms with van der Waals surface area (Å²) in [5.41, 5.74) is 6.83. The zero-order valence-corrected chi connectivity index (χ0v) is 12.3. The molecule has 0 amide bonds. The minimum atomic E-state index is -0.189. The number of ether oxygens (including phenoxy) is 2.